The highest BCUT2D eigenvalue weighted by molar-refractivity contribution is 5.57. The minimum atomic E-state index is -4.37. The van der Waals surface area contributed by atoms with Gasteiger partial charge in [-0.3, -0.25) is 0 Å². The van der Waals surface area contributed by atoms with E-state index in [0.29, 0.717) is 25.1 Å². The van der Waals surface area contributed by atoms with Crippen LogP contribution in [0.4, 0.5) is 18.9 Å². The molecule has 2 atom stereocenters. The van der Waals surface area contributed by atoms with E-state index < -0.39 is 11.7 Å². The average Bonchev–Trinajstić information content (AvgIpc) is 2.85. The third-order valence-corrected chi connectivity index (χ3v) is 3.74. The largest absolute Gasteiger partial charge is 0.418 e. The van der Waals surface area contributed by atoms with Gasteiger partial charge < -0.3 is 15.4 Å². The van der Waals surface area contributed by atoms with Gasteiger partial charge >= 0.3 is 6.18 Å². The van der Waals surface area contributed by atoms with Crippen LogP contribution >= 0.6 is 0 Å². The quantitative estimate of drug-likeness (QED) is 0.929. The number of nitrogens with two attached hydrogens (primary N) is 1. The van der Waals surface area contributed by atoms with Crippen molar-refractivity contribution in [2.24, 2.45) is 5.73 Å². The van der Waals surface area contributed by atoms with Gasteiger partial charge in [0.15, 0.2) is 0 Å². The second kappa shape index (κ2) is 6.23. The second-order valence-electron chi connectivity index (χ2n) is 5.62. The number of alkyl halides is 3. The average molecular weight is 302 g/mol. The summed E-state index contributed by atoms with van der Waals surface area (Å²) in [5, 5.41) is 0. The summed E-state index contributed by atoms with van der Waals surface area (Å²) >= 11 is 0. The van der Waals surface area contributed by atoms with Gasteiger partial charge in [0.1, 0.15) is 0 Å². The Morgan fingerprint density at radius 3 is 2.67 bits per heavy atom. The number of hydrogen-bond acceptors (Lipinski definition) is 3. The molecule has 0 amide bonds. The Morgan fingerprint density at radius 2 is 2.14 bits per heavy atom. The van der Waals surface area contributed by atoms with E-state index >= 15 is 0 Å². The van der Waals surface area contributed by atoms with Crippen LogP contribution in [0.25, 0.3) is 0 Å². The highest BCUT2D eigenvalue weighted by Crippen LogP contribution is 2.38. The molecule has 21 heavy (non-hydrogen) atoms. The first-order chi connectivity index (χ1) is 9.81. The molecule has 0 radical (unpaired) electrons. The standard InChI is InChI=1S/C15H21F3N2O/c1-10(19)7-11-3-4-14(13(8-11)15(16,17)18)20-6-5-12(9-20)21-2/h3-4,8,10,12H,5-7,9,19H2,1-2H3. The molecular formula is C15H21F3N2O. The highest BCUT2D eigenvalue weighted by Gasteiger charge is 2.36. The molecule has 2 N–H and O–H groups in total. The Bertz CT molecular complexity index is 488. The molecule has 0 aliphatic carbocycles. The number of rotatable bonds is 4. The zero-order valence-electron chi connectivity index (χ0n) is 12.3. The zero-order valence-corrected chi connectivity index (χ0v) is 12.3. The molecule has 0 bridgehead atoms. The van der Waals surface area contributed by atoms with Gasteiger partial charge in [-0.2, -0.15) is 13.2 Å². The summed E-state index contributed by atoms with van der Waals surface area (Å²) in [6.45, 7) is 2.85. The molecule has 0 spiro atoms. The summed E-state index contributed by atoms with van der Waals surface area (Å²) in [4.78, 5) is 1.74. The Morgan fingerprint density at radius 1 is 1.43 bits per heavy atom. The number of benzene rings is 1. The minimum absolute atomic E-state index is 0.00479. The summed E-state index contributed by atoms with van der Waals surface area (Å²) in [6.07, 6.45) is -3.19. The lowest BCUT2D eigenvalue weighted by molar-refractivity contribution is -0.137. The van der Waals surface area contributed by atoms with Crippen LogP contribution < -0.4 is 10.6 Å². The first kappa shape index (κ1) is 16.1. The van der Waals surface area contributed by atoms with E-state index in [9.17, 15) is 13.2 Å². The van der Waals surface area contributed by atoms with Crippen LogP contribution in [0.5, 0.6) is 0 Å². The van der Waals surface area contributed by atoms with Crippen molar-refractivity contribution >= 4 is 5.69 Å². The van der Waals surface area contributed by atoms with Gasteiger partial charge in [0.05, 0.1) is 11.7 Å². The van der Waals surface area contributed by atoms with E-state index in [-0.39, 0.29) is 17.8 Å². The Labute approximate surface area is 122 Å². The molecular weight excluding hydrogens is 281 g/mol. The molecule has 0 aromatic heterocycles. The number of nitrogens with zero attached hydrogens (tertiary/aromatic N) is 1. The molecule has 1 saturated heterocycles. The summed E-state index contributed by atoms with van der Waals surface area (Å²) in [5.41, 5.74) is 5.93. The zero-order chi connectivity index (χ0) is 15.6. The maximum Gasteiger partial charge on any atom is 0.418 e. The van der Waals surface area contributed by atoms with Crippen LogP contribution in [-0.2, 0) is 17.3 Å². The topological polar surface area (TPSA) is 38.5 Å². The van der Waals surface area contributed by atoms with Crippen molar-refractivity contribution in [3.8, 4) is 0 Å². The SMILES string of the molecule is COC1CCN(c2ccc(CC(C)N)cc2C(F)(F)F)C1. The second-order valence-corrected chi connectivity index (χ2v) is 5.62. The molecule has 2 rings (SSSR count). The smallest absolute Gasteiger partial charge is 0.380 e. The van der Waals surface area contributed by atoms with Crippen LogP contribution in [0.1, 0.15) is 24.5 Å². The van der Waals surface area contributed by atoms with Crippen LogP contribution in [0.3, 0.4) is 0 Å². The van der Waals surface area contributed by atoms with Crippen molar-refractivity contribution in [3.63, 3.8) is 0 Å². The predicted molar refractivity (Wildman–Crippen MR) is 76.4 cm³/mol. The van der Waals surface area contributed by atoms with E-state index in [4.69, 9.17) is 10.5 Å². The monoisotopic (exact) mass is 302 g/mol. The molecule has 3 nitrogen and oxygen atoms in total. The van der Waals surface area contributed by atoms with E-state index in [2.05, 4.69) is 0 Å². The fourth-order valence-electron chi connectivity index (χ4n) is 2.72. The third-order valence-electron chi connectivity index (χ3n) is 3.74. The van der Waals surface area contributed by atoms with E-state index in [1.165, 1.54) is 6.07 Å². The van der Waals surface area contributed by atoms with Crippen molar-refractivity contribution < 1.29 is 17.9 Å². The van der Waals surface area contributed by atoms with E-state index in [1.54, 1.807) is 31.1 Å². The third kappa shape index (κ3) is 3.89. The molecule has 1 aliphatic rings. The molecule has 1 fully saturated rings. The van der Waals surface area contributed by atoms with Gasteiger partial charge in [0.2, 0.25) is 0 Å². The maximum atomic E-state index is 13.3. The molecule has 118 valence electrons. The molecule has 2 unspecified atom stereocenters. The van der Waals surface area contributed by atoms with Crippen LogP contribution in [-0.4, -0.2) is 32.3 Å². The molecule has 1 aromatic carbocycles. The fraction of sp³-hybridized carbons (Fsp3) is 0.600. The van der Waals surface area contributed by atoms with Crippen molar-refractivity contribution in [1.82, 2.24) is 0 Å². The van der Waals surface area contributed by atoms with Crippen LogP contribution in [0.2, 0.25) is 0 Å². The molecule has 0 saturated carbocycles. The van der Waals surface area contributed by atoms with Crippen molar-refractivity contribution in [3.05, 3.63) is 29.3 Å². The Kier molecular flexibility index (Phi) is 4.78. The molecule has 1 heterocycles. The summed E-state index contributed by atoms with van der Waals surface area (Å²) < 4.78 is 45.2. The van der Waals surface area contributed by atoms with Crippen molar-refractivity contribution in [2.45, 2.75) is 38.1 Å². The lowest BCUT2D eigenvalue weighted by atomic mass is 10.0. The predicted octanol–water partition coefficient (Wildman–Crippen LogP) is 2.82. The van der Waals surface area contributed by atoms with Crippen molar-refractivity contribution in [2.75, 3.05) is 25.1 Å². The van der Waals surface area contributed by atoms with Crippen molar-refractivity contribution in [1.29, 1.82) is 0 Å². The number of halogens is 3. The maximum absolute atomic E-state index is 13.3. The Balaban J connectivity index is 2.32. The minimum Gasteiger partial charge on any atom is -0.380 e. The number of ether oxygens (including phenoxy) is 1. The highest BCUT2D eigenvalue weighted by atomic mass is 19.4. The normalized spacial score (nSPS) is 20.9. The van der Waals surface area contributed by atoms with Gasteiger partial charge in [-0.1, -0.05) is 6.07 Å². The van der Waals surface area contributed by atoms with Gasteiger partial charge in [-0.15, -0.1) is 0 Å². The van der Waals surface area contributed by atoms with Crippen LogP contribution in [0, 0.1) is 0 Å². The van der Waals surface area contributed by atoms with Gasteiger partial charge in [0.25, 0.3) is 0 Å². The number of anilines is 1. The van der Waals surface area contributed by atoms with Gasteiger partial charge in [-0.05, 0) is 37.5 Å². The van der Waals surface area contributed by atoms with E-state index in [1.807, 2.05) is 0 Å². The lowest BCUT2D eigenvalue weighted by Crippen LogP contribution is -2.25. The summed E-state index contributed by atoms with van der Waals surface area (Å²) in [5.74, 6) is 0. The number of hydrogen-bond donors (Lipinski definition) is 1. The molecule has 6 heteroatoms. The Hall–Kier alpha value is -1.27. The summed E-state index contributed by atoms with van der Waals surface area (Å²) in [6, 6.07) is 4.34. The lowest BCUT2D eigenvalue weighted by Gasteiger charge is -2.24. The molecule has 1 aromatic rings. The first-order valence-corrected chi connectivity index (χ1v) is 7.04. The van der Waals surface area contributed by atoms with Crippen LogP contribution in [0.15, 0.2) is 18.2 Å². The molecule has 1 aliphatic heterocycles. The van der Waals surface area contributed by atoms with Gasteiger partial charge in [-0.25, -0.2) is 0 Å². The van der Waals surface area contributed by atoms with E-state index in [0.717, 1.165) is 6.42 Å². The number of methoxy groups -OCH3 is 1. The first-order valence-electron chi connectivity index (χ1n) is 7.04. The fourth-order valence-corrected chi connectivity index (χ4v) is 2.72. The summed E-state index contributed by atoms with van der Waals surface area (Å²) in [7, 11) is 1.59. The van der Waals surface area contributed by atoms with Gasteiger partial charge in [0, 0.05) is 31.9 Å².